The molecule has 0 bridgehead atoms. The number of aryl methyl sites for hydroxylation is 2. The summed E-state index contributed by atoms with van der Waals surface area (Å²) in [6, 6.07) is 13.7. The van der Waals surface area contributed by atoms with E-state index in [0.717, 1.165) is 28.6 Å². The van der Waals surface area contributed by atoms with Gasteiger partial charge in [0.1, 0.15) is 5.75 Å². The third-order valence-corrected chi connectivity index (χ3v) is 5.33. The summed E-state index contributed by atoms with van der Waals surface area (Å²) in [5, 5.41) is 2.56. The molecule has 0 radical (unpaired) electrons. The van der Waals surface area contributed by atoms with E-state index in [9.17, 15) is 18.0 Å². The van der Waals surface area contributed by atoms with Crippen LogP contribution in [-0.4, -0.2) is 23.2 Å². The van der Waals surface area contributed by atoms with Crippen molar-refractivity contribution in [2.24, 2.45) is 4.99 Å². The first-order valence-electron chi connectivity index (χ1n) is 11.0. The van der Waals surface area contributed by atoms with Crippen LogP contribution in [0.5, 0.6) is 5.75 Å². The lowest BCUT2D eigenvalue weighted by molar-refractivity contribution is -0.139. The number of rotatable bonds is 5. The number of carbonyl (C=O) groups excluding carboxylic acids is 1. The molecule has 0 atom stereocenters. The van der Waals surface area contributed by atoms with Gasteiger partial charge in [-0.25, -0.2) is 4.99 Å². The van der Waals surface area contributed by atoms with E-state index < -0.39 is 17.6 Å². The van der Waals surface area contributed by atoms with E-state index in [2.05, 4.69) is 15.3 Å². The van der Waals surface area contributed by atoms with E-state index in [-0.39, 0.29) is 30.2 Å². The Labute approximate surface area is 195 Å². The predicted octanol–water partition coefficient (Wildman–Crippen LogP) is 6.64. The maximum absolute atomic E-state index is 13.6. The molecule has 0 saturated heterocycles. The van der Waals surface area contributed by atoms with Gasteiger partial charge in [-0.2, -0.15) is 13.2 Å². The lowest BCUT2D eigenvalue weighted by Gasteiger charge is -2.16. The first-order chi connectivity index (χ1) is 16.1. The highest BCUT2D eigenvalue weighted by Gasteiger charge is 2.36. The highest BCUT2D eigenvalue weighted by molar-refractivity contribution is 6.17. The molecule has 1 N–H and O–H groups in total. The second-order valence-corrected chi connectivity index (χ2v) is 8.21. The Kier molecular flexibility index (Phi) is 6.41. The van der Waals surface area contributed by atoms with Gasteiger partial charge < -0.3 is 10.1 Å². The van der Waals surface area contributed by atoms with E-state index in [4.69, 9.17) is 4.74 Å². The number of anilines is 1. The molecule has 0 saturated carbocycles. The maximum Gasteiger partial charge on any atom is 0.420 e. The number of aliphatic imine (C=N–C) groups is 1. The monoisotopic (exact) mass is 467 g/mol. The number of benzene rings is 2. The molecule has 0 spiro atoms. The zero-order valence-electron chi connectivity index (χ0n) is 19.1. The minimum absolute atomic E-state index is 0.00714. The number of pyridine rings is 1. The molecule has 2 aromatic carbocycles. The Morgan fingerprint density at radius 3 is 2.38 bits per heavy atom. The zero-order valence-corrected chi connectivity index (χ0v) is 19.1. The lowest BCUT2D eigenvalue weighted by Crippen LogP contribution is -2.16. The largest absolute Gasteiger partial charge is 0.493 e. The van der Waals surface area contributed by atoms with Gasteiger partial charge in [0, 0.05) is 17.5 Å². The summed E-state index contributed by atoms with van der Waals surface area (Å²) in [5.41, 5.74) is 4.15. The number of hydrogen-bond donors (Lipinski definition) is 1. The highest BCUT2D eigenvalue weighted by Crippen LogP contribution is 2.43. The van der Waals surface area contributed by atoms with Crippen molar-refractivity contribution in [3.8, 4) is 16.9 Å². The van der Waals surface area contributed by atoms with E-state index in [0.29, 0.717) is 17.7 Å². The number of fused-ring (bicyclic) bond motifs is 1. The van der Waals surface area contributed by atoms with E-state index in [1.54, 1.807) is 0 Å². The molecular formula is C26H24F3N3O2. The highest BCUT2D eigenvalue weighted by atomic mass is 19.4. The van der Waals surface area contributed by atoms with Gasteiger partial charge >= 0.3 is 6.18 Å². The Hall–Kier alpha value is -3.68. The second-order valence-electron chi connectivity index (χ2n) is 8.21. The number of nitrogens with one attached hydrogen (secondary N) is 1. The molecule has 1 aliphatic rings. The number of halogens is 3. The van der Waals surface area contributed by atoms with E-state index in [1.807, 2.05) is 57.2 Å². The molecule has 176 valence electrons. The SMILES string of the molecule is CCCOc1cc2c(cc1C(F)(F)F)NC(=O)CC(c1cccc(-c3cc(C)nc(C)c3)c1)=N2. The summed E-state index contributed by atoms with van der Waals surface area (Å²) >= 11 is 0. The lowest BCUT2D eigenvalue weighted by atomic mass is 9.99. The summed E-state index contributed by atoms with van der Waals surface area (Å²) in [6.07, 6.45) is -4.14. The van der Waals surface area contributed by atoms with Gasteiger partial charge in [-0.05, 0) is 61.2 Å². The normalized spacial score (nSPS) is 13.6. The van der Waals surface area contributed by atoms with Crippen molar-refractivity contribution in [1.29, 1.82) is 0 Å². The van der Waals surface area contributed by atoms with Crippen LogP contribution in [0.25, 0.3) is 11.1 Å². The number of alkyl halides is 3. The molecule has 4 rings (SSSR count). The van der Waals surface area contributed by atoms with Crippen LogP contribution in [0.1, 0.15) is 42.3 Å². The second kappa shape index (κ2) is 9.29. The van der Waals surface area contributed by atoms with Gasteiger partial charge in [0.2, 0.25) is 5.91 Å². The zero-order chi connectivity index (χ0) is 24.5. The van der Waals surface area contributed by atoms with Crippen LogP contribution < -0.4 is 10.1 Å². The molecule has 2 heterocycles. The Morgan fingerprint density at radius 1 is 1.00 bits per heavy atom. The fourth-order valence-electron chi connectivity index (χ4n) is 3.89. The van der Waals surface area contributed by atoms with Crippen LogP contribution in [0.15, 0.2) is 53.5 Å². The van der Waals surface area contributed by atoms with Gasteiger partial charge in [-0.15, -0.1) is 0 Å². The topological polar surface area (TPSA) is 63.6 Å². The van der Waals surface area contributed by atoms with Crippen molar-refractivity contribution < 1.29 is 22.7 Å². The van der Waals surface area contributed by atoms with E-state index in [1.165, 1.54) is 6.07 Å². The van der Waals surface area contributed by atoms with Gasteiger partial charge in [0.25, 0.3) is 0 Å². The van der Waals surface area contributed by atoms with Crippen LogP contribution in [-0.2, 0) is 11.0 Å². The molecule has 0 aliphatic carbocycles. The van der Waals surface area contributed by atoms with Gasteiger partial charge in [-0.1, -0.05) is 25.1 Å². The van der Waals surface area contributed by atoms with Gasteiger partial charge in [0.05, 0.1) is 35.7 Å². The van der Waals surface area contributed by atoms with E-state index >= 15 is 0 Å². The summed E-state index contributed by atoms with van der Waals surface area (Å²) in [4.78, 5) is 21.6. The van der Waals surface area contributed by atoms with Crippen LogP contribution in [0, 0.1) is 13.8 Å². The molecule has 5 nitrogen and oxygen atoms in total. The summed E-state index contributed by atoms with van der Waals surface area (Å²) in [5.74, 6) is -0.738. The molecule has 1 aromatic heterocycles. The first kappa shape index (κ1) is 23.5. The average molecular weight is 467 g/mol. The number of aromatic nitrogens is 1. The molecule has 8 heteroatoms. The number of amides is 1. The Balaban J connectivity index is 1.80. The number of ether oxygens (including phenoxy) is 1. The van der Waals surface area contributed by atoms with Crippen molar-refractivity contribution in [3.63, 3.8) is 0 Å². The molecule has 1 amide bonds. The standard InChI is InChI=1S/C26H24F3N3O2/c1-4-8-34-24-13-23-22(12-20(24)26(27,28)29)32-25(33)14-21(31-23)18-7-5-6-17(11-18)19-9-15(2)30-16(3)10-19/h5-7,9-13H,4,8,14H2,1-3H3,(H,32,33). The van der Waals surface area contributed by atoms with Crippen molar-refractivity contribution >= 4 is 23.0 Å². The van der Waals surface area contributed by atoms with Crippen molar-refractivity contribution in [2.75, 3.05) is 11.9 Å². The predicted molar refractivity (Wildman–Crippen MR) is 126 cm³/mol. The minimum atomic E-state index is -4.63. The van der Waals surface area contributed by atoms with Gasteiger partial charge in [0.15, 0.2) is 0 Å². The molecule has 0 unspecified atom stereocenters. The van der Waals surface area contributed by atoms with Gasteiger partial charge in [-0.3, -0.25) is 9.78 Å². The maximum atomic E-state index is 13.6. The number of carbonyl (C=O) groups is 1. The quantitative estimate of drug-likeness (QED) is 0.458. The molecule has 3 aromatic rings. The first-order valence-corrected chi connectivity index (χ1v) is 11.0. The fraction of sp³-hybridized carbons (Fsp3) is 0.269. The summed E-state index contributed by atoms with van der Waals surface area (Å²) in [6.45, 7) is 5.79. The third kappa shape index (κ3) is 5.11. The smallest absolute Gasteiger partial charge is 0.420 e. The third-order valence-electron chi connectivity index (χ3n) is 5.33. The summed E-state index contributed by atoms with van der Waals surface area (Å²) in [7, 11) is 0. The van der Waals surface area contributed by atoms with Crippen LogP contribution in [0.4, 0.5) is 24.5 Å². The summed E-state index contributed by atoms with van der Waals surface area (Å²) < 4.78 is 46.2. The molecule has 1 aliphatic heterocycles. The van der Waals surface area contributed by atoms with Crippen LogP contribution in [0.3, 0.4) is 0 Å². The fourth-order valence-corrected chi connectivity index (χ4v) is 3.89. The Bertz CT molecular complexity index is 1260. The molecular weight excluding hydrogens is 443 g/mol. The minimum Gasteiger partial charge on any atom is -0.493 e. The molecule has 34 heavy (non-hydrogen) atoms. The number of hydrogen-bond acceptors (Lipinski definition) is 4. The number of nitrogens with zero attached hydrogens (tertiary/aromatic N) is 2. The van der Waals surface area contributed by atoms with Crippen molar-refractivity contribution in [2.45, 2.75) is 39.8 Å². The molecule has 0 fully saturated rings. The van der Waals surface area contributed by atoms with Crippen molar-refractivity contribution in [3.05, 3.63) is 71.0 Å². The van der Waals surface area contributed by atoms with Crippen LogP contribution in [0.2, 0.25) is 0 Å². The average Bonchev–Trinajstić information content (AvgIpc) is 2.93. The Morgan fingerprint density at radius 2 is 1.71 bits per heavy atom. The van der Waals surface area contributed by atoms with Crippen LogP contribution >= 0.6 is 0 Å². The van der Waals surface area contributed by atoms with Crippen molar-refractivity contribution in [1.82, 2.24) is 4.98 Å².